The maximum absolute atomic E-state index is 13.6. The molecule has 0 spiro atoms. The quantitative estimate of drug-likeness (QED) is 0.313. The molecule has 0 radical (unpaired) electrons. The zero-order valence-corrected chi connectivity index (χ0v) is 23.6. The molecule has 0 bridgehead atoms. The monoisotopic (exact) mass is 611 g/mol. The van der Waals surface area contributed by atoms with E-state index in [1.165, 1.54) is 4.90 Å². The normalized spacial score (nSPS) is 16.4. The van der Waals surface area contributed by atoms with Gasteiger partial charge in [-0.05, 0) is 54.7 Å². The van der Waals surface area contributed by atoms with Crippen LogP contribution in [-0.4, -0.2) is 54.5 Å². The highest BCUT2D eigenvalue weighted by Gasteiger charge is 2.39. The lowest BCUT2D eigenvalue weighted by Gasteiger charge is -2.43. The molecule has 220 valence electrons. The number of anilines is 1. The van der Waals surface area contributed by atoms with Gasteiger partial charge in [-0.3, -0.25) is 9.69 Å². The maximum atomic E-state index is 13.6. The van der Waals surface area contributed by atoms with Crippen molar-refractivity contribution >= 4 is 40.8 Å². The Labute approximate surface area is 238 Å². The van der Waals surface area contributed by atoms with Crippen molar-refractivity contribution in [3.63, 3.8) is 0 Å². The summed E-state index contributed by atoms with van der Waals surface area (Å²) in [7, 11) is 1.12. The number of piperazine rings is 1. The molecule has 1 aliphatic heterocycles. The van der Waals surface area contributed by atoms with Crippen LogP contribution >= 0.6 is 23.2 Å². The third-order valence-electron chi connectivity index (χ3n) is 6.72. The molecule has 1 atom stereocenters. The molecular formula is C27H29Cl2F6N3O2. The summed E-state index contributed by atoms with van der Waals surface area (Å²) < 4.78 is 80.5. The predicted octanol–water partition coefficient (Wildman–Crippen LogP) is 7.78. The van der Waals surface area contributed by atoms with Crippen LogP contribution in [0.1, 0.15) is 43.4 Å². The van der Waals surface area contributed by atoms with E-state index in [1.807, 2.05) is 13.8 Å². The van der Waals surface area contributed by atoms with Crippen molar-refractivity contribution in [1.29, 1.82) is 0 Å². The van der Waals surface area contributed by atoms with Crippen LogP contribution in [0.15, 0.2) is 36.4 Å². The lowest BCUT2D eigenvalue weighted by molar-refractivity contribution is -0.143. The molecule has 0 saturated carbocycles. The number of hydrogen-bond donors (Lipinski definition) is 0. The van der Waals surface area contributed by atoms with E-state index in [0.29, 0.717) is 41.5 Å². The molecule has 0 unspecified atom stereocenters. The van der Waals surface area contributed by atoms with Gasteiger partial charge < -0.3 is 9.80 Å². The first-order valence-electron chi connectivity index (χ1n) is 12.5. The number of carbonyl (C=O) groups excluding carboxylic acids is 2. The summed E-state index contributed by atoms with van der Waals surface area (Å²) >= 11 is 12.2. The lowest BCUT2D eigenvalue weighted by Crippen LogP contribution is -2.59. The third kappa shape index (κ3) is 7.96. The molecule has 0 aromatic heterocycles. The molecule has 3 rings (SSSR count). The summed E-state index contributed by atoms with van der Waals surface area (Å²) in [4.78, 5) is 30.2. The third-order valence-corrected chi connectivity index (χ3v) is 7.46. The zero-order chi connectivity index (χ0) is 30.0. The summed E-state index contributed by atoms with van der Waals surface area (Å²) in [6.45, 7) is 4.32. The average molecular weight is 612 g/mol. The maximum Gasteiger partial charge on any atom is 0.416 e. The standard InChI is InChI=1S/C27H29Cl2F6N3O2/c1-16(2)4-7-24(39)37-8-9-38(21(15-37)10-17-5-6-22(28)23(29)11-17)25(40)36(3)20-13-18(26(30,31)32)12-19(14-20)27(33,34)35/h5-6,11-14,16,21H,4,7-10,15H2,1-3H3/t21-/m1/s1. The Kier molecular flexibility index (Phi) is 9.93. The van der Waals surface area contributed by atoms with Crippen molar-refractivity contribution in [2.24, 2.45) is 5.92 Å². The van der Waals surface area contributed by atoms with E-state index in [0.717, 1.165) is 11.9 Å². The number of urea groups is 1. The Morgan fingerprint density at radius 2 is 1.55 bits per heavy atom. The van der Waals surface area contributed by atoms with Crippen LogP contribution in [-0.2, 0) is 23.6 Å². The number of carbonyl (C=O) groups is 2. The van der Waals surface area contributed by atoms with Gasteiger partial charge in [-0.15, -0.1) is 0 Å². The first-order valence-corrected chi connectivity index (χ1v) is 13.3. The Hall–Kier alpha value is -2.66. The van der Waals surface area contributed by atoms with Gasteiger partial charge in [0.1, 0.15) is 0 Å². The molecule has 13 heteroatoms. The number of hydrogen-bond acceptors (Lipinski definition) is 2. The van der Waals surface area contributed by atoms with Gasteiger partial charge in [0, 0.05) is 38.8 Å². The number of halogens is 8. The Bertz CT molecular complexity index is 1200. The van der Waals surface area contributed by atoms with Gasteiger partial charge in [-0.25, -0.2) is 4.79 Å². The summed E-state index contributed by atoms with van der Waals surface area (Å²) in [6, 6.07) is 4.48. The Morgan fingerprint density at radius 3 is 2.08 bits per heavy atom. The minimum absolute atomic E-state index is 0.0104. The second-order valence-electron chi connectivity index (χ2n) is 10.2. The summed E-state index contributed by atoms with van der Waals surface area (Å²) in [6.07, 6.45) is -8.90. The van der Waals surface area contributed by atoms with Crippen LogP contribution < -0.4 is 4.90 Å². The zero-order valence-electron chi connectivity index (χ0n) is 22.0. The fourth-order valence-corrected chi connectivity index (χ4v) is 4.77. The van der Waals surface area contributed by atoms with E-state index in [2.05, 4.69) is 0 Å². The van der Waals surface area contributed by atoms with Crippen molar-refractivity contribution in [2.45, 2.75) is 51.5 Å². The molecule has 5 nitrogen and oxygen atoms in total. The van der Waals surface area contributed by atoms with Crippen molar-refractivity contribution in [1.82, 2.24) is 9.80 Å². The van der Waals surface area contributed by atoms with Crippen molar-refractivity contribution in [2.75, 3.05) is 31.6 Å². The molecule has 0 aliphatic carbocycles. The first kappa shape index (κ1) is 31.9. The second kappa shape index (κ2) is 12.5. The smallest absolute Gasteiger partial charge is 0.339 e. The van der Waals surface area contributed by atoms with Gasteiger partial charge in [0.2, 0.25) is 5.91 Å². The largest absolute Gasteiger partial charge is 0.416 e. The van der Waals surface area contributed by atoms with Crippen LogP contribution in [0.2, 0.25) is 10.0 Å². The van der Waals surface area contributed by atoms with Crippen molar-refractivity contribution < 1.29 is 35.9 Å². The van der Waals surface area contributed by atoms with E-state index >= 15 is 0 Å². The highest BCUT2D eigenvalue weighted by Crippen LogP contribution is 2.38. The number of amides is 3. The average Bonchev–Trinajstić information content (AvgIpc) is 2.87. The second-order valence-corrected chi connectivity index (χ2v) is 11.0. The van der Waals surface area contributed by atoms with Crippen LogP contribution in [0.5, 0.6) is 0 Å². The molecule has 1 fully saturated rings. The van der Waals surface area contributed by atoms with E-state index in [1.54, 1.807) is 23.1 Å². The van der Waals surface area contributed by atoms with E-state index in [9.17, 15) is 35.9 Å². The summed E-state index contributed by atoms with van der Waals surface area (Å²) in [5.74, 6) is 0.211. The summed E-state index contributed by atoms with van der Waals surface area (Å²) in [5.41, 5.74) is -2.92. The predicted molar refractivity (Wildman–Crippen MR) is 142 cm³/mol. The fourth-order valence-electron chi connectivity index (χ4n) is 4.45. The minimum atomic E-state index is -5.06. The molecule has 2 aromatic carbocycles. The van der Waals surface area contributed by atoms with E-state index in [4.69, 9.17) is 23.2 Å². The molecule has 1 saturated heterocycles. The number of nitrogens with zero attached hydrogens (tertiary/aromatic N) is 3. The SMILES string of the molecule is CC(C)CCC(=O)N1CCN(C(=O)N(C)c2cc(C(F)(F)F)cc(C(F)(F)F)c2)[C@H](Cc2ccc(Cl)c(Cl)c2)C1. The van der Waals surface area contributed by atoms with Crippen LogP contribution in [0.3, 0.4) is 0 Å². The van der Waals surface area contributed by atoms with E-state index in [-0.39, 0.29) is 43.1 Å². The minimum Gasteiger partial charge on any atom is -0.339 e. The highest BCUT2D eigenvalue weighted by molar-refractivity contribution is 6.42. The van der Waals surface area contributed by atoms with Crippen LogP contribution in [0.4, 0.5) is 36.8 Å². The first-order chi connectivity index (χ1) is 18.5. The number of rotatable bonds is 6. The van der Waals surface area contributed by atoms with E-state index < -0.39 is 41.2 Å². The molecule has 40 heavy (non-hydrogen) atoms. The van der Waals surface area contributed by atoms with Gasteiger partial charge in [0.25, 0.3) is 0 Å². The van der Waals surface area contributed by atoms with Crippen LogP contribution in [0.25, 0.3) is 0 Å². The molecule has 1 heterocycles. The lowest BCUT2D eigenvalue weighted by atomic mass is 10.0. The van der Waals surface area contributed by atoms with Gasteiger partial charge in [0.15, 0.2) is 0 Å². The fraction of sp³-hybridized carbons (Fsp3) is 0.481. The van der Waals surface area contributed by atoms with Gasteiger partial charge in [-0.2, -0.15) is 26.3 Å². The number of benzene rings is 2. The Balaban J connectivity index is 1.93. The number of alkyl halides is 6. The topological polar surface area (TPSA) is 43.9 Å². The van der Waals surface area contributed by atoms with Crippen LogP contribution in [0, 0.1) is 5.92 Å². The van der Waals surface area contributed by atoms with Gasteiger partial charge in [0.05, 0.1) is 27.2 Å². The Morgan fingerprint density at radius 1 is 0.950 bits per heavy atom. The summed E-state index contributed by atoms with van der Waals surface area (Å²) in [5, 5.41) is 0.593. The van der Waals surface area contributed by atoms with Gasteiger partial charge >= 0.3 is 18.4 Å². The van der Waals surface area contributed by atoms with Crippen molar-refractivity contribution in [3.05, 3.63) is 63.1 Å². The molecular weight excluding hydrogens is 583 g/mol. The molecule has 0 N–H and O–H groups in total. The molecule has 2 aromatic rings. The van der Waals surface area contributed by atoms with Crippen molar-refractivity contribution in [3.8, 4) is 0 Å². The molecule has 3 amide bonds. The molecule has 1 aliphatic rings. The van der Waals surface area contributed by atoms with Gasteiger partial charge in [-0.1, -0.05) is 43.1 Å². The highest BCUT2D eigenvalue weighted by atomic mass is 35.5.